The van der Waals surface area contributed by atoms with Gasteiger partial charge < -0.3 is 15.4 Å². The molecule has 2 N–H and O–H groups in total. The van der Waals surface area contributed by atoms with Crippen LogP contribution in [0, 0.1) is 6.92 Å². The van der Waals surface area contributed by atoms with Crippen LogP contribution >= 0.6 is 0 Å². The molecule has 0 radical (unpaired) electrons. The van der Waals surface area contributed by atoms with Gasteiger partial charge in [-0.25, -0.2) is 9.48 Å². The fourth-order valence-electron chi connectivity index (χ4n) is 3.43. The molecule has 2 aromatic rings. The van der Waals surface area contributed by atoms with Crippen LogP contribution in [0.25, 0.3) is 0 Å². The van der Waals surface area contributed by atoms with E-state index in [2.05, 4.69) is 32.9 Å². The zero-order chi connectivity index (χ0) is 19.9. The van der Waals surface area contributed by atoms with Crippen LogP contribution in [-0.4, -0.2) is 41.0 Å². The zero-order valence-electron chi connectivity index (χ0n) is 17.0. The minimum Gasteiger partial charge on any atom is -0.496 e. The number of fused-ring (bicyclic) bond motifs is 1. The number of guanidine groups is 1. The van der Waals surface area contributed by atoms with Crippen molar-refractivity contribution in [1.29, 1.82) is 0 Å². The highest BCUT2D eigenvalue weighted by molar-refractivity contribution is 5.79. The molecule has 2 heterocycles. The summed E-state index contributed by atoms with van der Waals surface area (Å²) in [5, 5.41) is 11.1. The first-order valence-corrected chi connectivity index (χ1v) is 9.87. The lowest BCUT2D eigenvalue weighted by Gasteiger charge is -2.14. The molecule has 0 amide bonds. The van der Waals surface area contributed by atoms with Gasteiger partial charge in [-0.05, 0) is 37.8 Å². The maximum Gasteiger partial charge on any atom is 0.345 e. The number of aliphatic imine (C=N–C) groups is 1. The van der Waals surface area contributed by atoms with Crippen molar-refractivity contribution in [1.82, 2.24) is 25.0 Å². The molecular weight excluding hydrogens is 356 g/mol. The summed E-state index contributed by atoms with van der Waals surface area (Å²) in [7, 11) is 3.43. The molecule has 1 aromatic carbocycles. The van der Waals surface area contributed by atoms with E-state index < -0.39 is 0 Å². The highest BCUT2D eigenvalue weighted by Gasteiger charge is 2.16. The lowest BCUT2D eigenvalue weighted by Crippen LogP contribution is -2.38. The Morgan fingerprint density at radius 2 is 2.18 bits per heavy atom. The third-order valence-electron chi connectivity index (χ3n) is 4.98. The van der Waals surface area contributed by atoms with Gasteiger partial charge in [-0.2, -0.15) is 5.10 Å². The second-order valence-corrected chi connectivity index (χ2v) is 7.05. The molecule has 8 nitrogen and oxygen atoms in total. The second kappa shape index (κ2) is 9.43. The summed E-state index contributed by atoms with van der Waals surface area (Å²) in [5.74, 6) is 2.51. The van der Waals surface area contributed by atoms with Crippen LogP contribution in [0.1, 0.15) is 36.2 Å². The minimum absolute atomic E-state index is 0.0173. The van der Waals surface area contributed by atoms with E-state index in [9.17, 15) is 4.79 Å². The van der Waals surface area contributed by atoms with Gasteiger partial charge in [-0.1, -0.05) is 12.1 Å². The monoisotopic (exact) mass is 386 g/mol. The van der Waals surface area contributed by atoms with E-state index in [1.807, 2.05) is 17.6 Å². The maximum absolute atomic E-state index is 12.3. The van der Waals surface area contributed by atoms with Gasteiger partial charge in [0.05, 0.1) is 7.11 Å². The standard InChI is InChI=1S/C20H30N6O2/c1-15-8-9-16(17(13-15)28-3)14-23-19(21-2)22-10-6-12-26-20(27)25-11-5-4-7-18(25)24-26/h8-9,13H,4-7,10-12,14H2,1-3H3,(H2,21,22,23). The Morgan fingerprint density at radius 1 is 1.32 bits per heavy atom. The molecule has 0 unspecified atom stereocenters. The molecule has 152 valence electrons. The zero-order valence-corrected chi connectivity index (χ0v) is 17.0. The van der Waals surface area contributed by atoms with Crippen LogP contribution in [0.2, 0.25) is 0 Å². The summed E-state index contributed by atoms with van der Waals surface area (Å²) < 4.78 is 8.85. The van der Waals surface area contributed by atoms with Gasteiger partial charge in [-0.3, -0.25) is 9.56 Å². The van der Waals surface area contributed by atoms with Gasteiger partial charge in [0.15, 0.2) is 5.96 Å². The van der Waals surface area contributed by atoms with Gasteiger partial charge in [0.1, 0.15) is 11.6 Å². The van der Waals surface area contributed by atoms with Crippen molar-refractivity contribution in [2.75, 3.05) is 20.7 Å². The molecule has 0 fully saturated rings. The number of hydrogen-bond acceptors (Lipinski definition) is 4. The summed E-state index contributed by atoms with van der Waals surface area (Å²) in [6.45, 7) is 4.78. The van der Waals surface area contributed by atoms with Crippen molar-refractivity contribution < 1.29 is 4.74 Å². The predicted octanol–water partition coefficient (Wildman–Crippen LogP) is 1.45. The summed E-state index contributed by atoms with van der Waals surface area (Å²) >= 11 is 0. The fraction of sp³-hybridized carbons (Fsp3) is 0.550. The largest absolute Gasteiger partial charge is 0.496 e. The van der Waals surface area contributed by atoms with Crippen molar-refractivity contribution in [2.45, 2.75) is 52.2 Å². The van der Waals surface area contributed by atoms with Crippen molar-refractivity contribution in [2.24, 2.45) is 4.99 Å². The van der Waals surface area contributed by atoms with Crippen molar-refractivity contribution in [3.63, 3.8) is 0 Å². The molecule has 0 spiro atoms. The van der Waals surface area contributed by atoms with E-state index in [0.717, 1.165) is 55.3 Å². The molecule has 28 heavy (non-hydrogen) atoms. The van der Waals surface area contributed by atoms with Crippen molar-refractivity contribution >= 4 is 5.96 Å². The average Bonchev–Trinajstić information content (AvgIpc) is 3.04. The third kappa shape index (κ3) is 4.74. The Hall–Kier alpha value is -2.77. The third-order valence-corrected chi connectivity index (χ3v) is 4.98. The van der Waals surface area contributed by atoms with Crippen LogP contribution in [0.3, 0.4) is 0 Å². The molecule has 0 saturated carbocycles. The van der Waals surface area contributed by atoms with Crippen molar-refractivity contribution in [3.05, 3.63) is 45.6 Å². The summed E-state index contributed by atoms with van der Waals surface area (Å²) in [6.07, 6.45) is 3.88. The first-order chi connectivity index (χ1) is 13.6. The number of aromatic nitrogens is 3. The topological polar surface area (TPSA) is 85.5 Å². The highest BCUT2D eigenvalue weighted by atomic mass is 16.5. The first-order valence-electron chi connectivity index (χ1n) is 9.87. The van der Waals surface area contributed by atoms with Crippen molar-refractivity contribution in [3.8, 4) is 5.75 Å². The Morgan fingerprint density at radius 3 is 2.93 bits per heavy atom. The van der Waals surface area contributed by atoms with E-state index in [1.54, 1.807) is 18.8 Å². The molecule has 1 aliphatic heterocycles. The Balaban J connectivity index is 1.46. The molecule has 0 bridgehead atoms. The molecule has 0 saturated heterocycles. The molecule has 1 aliphatic rings. The number of methoxy groups -OCH3 is 1. The van der Waals surface area contributed by atoms with Crippen LogP contribution in [0.4, 0.5) is 0 Å². The van der Waals surface area contributed by atoms with E-state index >= 15 is 0 Å². The highest BCUT2D eigenvalue weighted by Crippen LogP contribution is 2.19. The fourth-order valence-corrected chi connectivity index (χ4v) is 3.43. The normalized spacial score (nSPS) is 13.9. The van der Waals surface area contributed by atoms with Gasteiger partial charge >= 0.3 is 5.69 Å². The van der Waals surface area contributed by atoms with Gasteiger partial charge in [0, 0.05) is 45.2 Å². The van der Waals surface area contributed by atoms with Crippen LogP contribution in [-0.2, 0) is 26.1 Å². The molecule has 3 rings (SSSR count). The number of aryl methyl sites for hydroxylation is 3. The average molecular weight is 387 g/mol. The number of nitrogens with zero attached hydrogens (tertiary/aromatic N) is 4. The summed E-state index contributed by atoms with van der Waals surface area (Å²) in [4.78, 5) is 16.6. The van der Waals surface area contributed by atoms with E-state index in [1.165, 1.54) is 5.56 Å². The molecule has 8 heteroatoms. The number of nitrogens with one attached hydrogen (secondary N) is 2. The lowest BCUT2D eigenvalue weighted by atomic mass is 10.1. The van der Waals surface area contributed by atoms with E-state index in [0.29, 0.717) is 19.6 Å². The van der Waals surface area contributed by atoms with Crippen LogP contribution in [0.5, 0.6) is 5.75 Å². The van der Waals surface area contributed by atoms with E-state index in [-0.39, 0.29) is 5.69 Å². The maximum atomic E-state index is 12.3. The smallest absolute Gasteiger partial charge is 0.345 e. The van der Waals surface area contributed by atoms with Gasteiger partial charge in [-0.15, -0.1) is 0 Å². The minimum atomic E-state index is 0.0173. The Kier molecular flexibility index (Phi) is 6.73. The van der Waals surface area contributed by atoms with Gasteiger partial charge in [0.2, 0.25) is 0 Å². The molecule has 0 atom stereocenters. The number of ether oxygens (including phenoxy) is 1. The van der Waals surface area contributed by atoms with Crippen LogP contribution < -0.4 is 21.1 Å². The first kappa shape index (κ1) is 20.0. The van der Waals surface area contributed by atoms with E-state index in [4.69, 9.17) is 4.74 Å². The van der Waals surface area contributed by atoms with Crippen LogP contribution in [0.15, 0.2) is 28.0 Å². The Labute approximate surface area is 165 Å². The molecule has 1 aromatic heterocycles. The lowest BCUT2D eigenvalue weighted by molar-refractivity contribution is 0.408. The molecular formula is C20H30N6O2. The van der Waals surface area contributed by atoms with Gasteiger partial charge in [0.25, 0.3) is 0 Å². The number of benzene rings is 1. The Bertz CT molecular complexity index is 883. The quantitative estimate of drug-likeness (QED) is 0.427. The second-order valence-electron chi connectivity index (χ2n) is 7.05. The molecule has 0 aliphatic carbocycles. The summed E-state index contributed by atoms with van der Waals surface area (Å²) in [6, 6.07) is 6.15. The SMILES string of the molecule is CN=C(NCCCn1nc2n(c1=O)CCCC2)NCc1ccc(C)cc1OC. The predicted molar refractivity (Wildman–Crippen MR) is 110 cm³/mol. The number of hydrogen-bond donors (Lipinski definition) is 2. The number of rotatable bonds is 7. The summed E-state index contributed by atoms with van der Waals surface area (Å²) in [5.41, 5.74) is 2.26.